The topological polar surface area (TPSA) is 79.7 Å². The Kier molecular flexibility index (Phi) is 4.11. The zero-order valence-electron chi connectivity index (χ0n) is 12.8. The summed E-state index contributed by atoms with van der Waals surface area (Å²) in [7, 11) is 0. The Morgan fingerprint density at radius 3 is 2.58 bits per heavy atom. The van der Waals surface area contributed by atoms with Crippen molar-refractivity contribution in [1.29, 1.82) is 0 Å². The third-order valence-electron chi connectivity index (χ3n) is 3.69. The van der Waals surface area contributed by atoms with Crippen LogP contribution in [0.25, 0.3) is 11.2 Å². The summed E-state index contributed by atoms with van der Waals surface area (Å²) in [5.41, 5.74) is 1.90. The number of anilines is 3. The fourth-order valence-electron chi connectivity index (χ4n) is 2.63. The Hall–Kier alpha value is -1.77. The Bertz CT molecular complexity index is 908. The van der Waals surface area contributed by atoms with Gasteiger partial charge in [0.2, 0.25) is 5.28 Å². The number of nitrogens with one attached hydrogen (secondary N) is 1. The third kappa shape index (κ3) is 2.97. The predicted octanol–water partition coefficient (Wildman–Crippen LogP) is 3.84. The number of aryl methyl sites for hydroxylation is 1. The van der Waals surface area contributed by atoms with Crippen molar-refractivity contribution < 1.29 is 0 Å². The van der Waals surface area contributed by atoms with Crippen molar-refractivity contribution in [1.82, 2.24) is 24.9 Å². The lowest BCUT2D eigenvalue weighted by Crippen LogP contribution is -2.20. The number of fused-ring (bicyclic) bond motifs is 1. The number of nitrogens with zero attached hydrogens (tertiary/aromatic N) is 6. The van der Waals surface area contributed by atoms with E-state index in [1.807, 2.05) is 12.3 Å². The molecule has 0 unspecified atom stereocenters. The van der Waals surface area contributed by atoms with Crippen LogP contribution in [0.3, 0.4) is 0 Å². The van der Waals surface area contributed by atoms with Crippen molar-refractivity contribution >= 4 is 62.5 Å². The molecular formula is C14H13Cl2N7S. The van der Waals surface area contributed by atoms with Crippen LogP contribution < -0.4 is 10.2 Å². The minimum absolute atomic E-state index is 0.150. The molecule has 4 rings (SSSR count). The van der Waals surface area contributed by atoms with Gasteiger partial charge in [0.15, 0.2) is 33.1 Å². The molecule has 3 aromatic heterocycles. The highest BCUT2D eigenvalue weighted by Gasteiger charge is 2.21. The van der Waals surface area contributed by atoms with Gasteiger partial charge in [-0.25, -0.2) is 15.0 Å². The van der Waals surface area contributed by atoms with Gasteiger partial charge in [-0.3, -0.25) is 0 Å². The largest absolute Gasteiger partial charge is 0.355 e. The maximum Gasteiger partial charge on any atom is 0.226 e. The number of aromatic nitrogens is 5. The maximum atomic E-state index is 6.31. The molecule has 3 aromatic rings. The van der Waals surface area contributed by atoms with Gasteiger partial charge in [0.25, 0.3) is 0 Å². The molecule has 7 nitrogen and oxygen atoms in total. The van der Waals surface area contributed by atoms with Crippen molar-refractivity contribution in [2.45, 2.75) is 19.8 Å². The van der Waals surface area contributed by atoms with Gasteiger partial charge in [-0.05, 0) is 31.4 Å². The van der Waals surface area contributed by atoms with Gasteiger partial charge < -0.3 is 10.2 Å². The second kappa shape index (κ2) is 6.27. The minimum Gasteiger partial charge on any atom is -0.355 e. The van der Waals surface area contributed by atoms with E-state index in [1.165, 1.54) is 11.3 Å². The second-order valence-electron chi connectivity index (χ2n) is 5.46. The molecular weight excluding hydrogens is 369 g/mol. The van der Waals surface area contributed by atoms with Crippen molar-refractivity contribution in [3.05, 3.63) is 21.5 Å². The van der Waals surface area contributed by atoms with E-state index in [4.69, 9.17) is 23.2 Å². The lowest BCUT2D eigenvalue weighted by molar-refractivity contribution is 0.933. The summed E-state index contributed by atoms with van der Waals surface area (Å²) in [4.78, 5) is 23.9. The Morgan fingerprint density at radius 2 is 1.88 bits per heavy atom. The lowest BCUT2D eigenvalue weighted by Gasteiger charge is -2.17. The molecule has 1 aliphatic heterocycles. The van der Waals surface area contributed by atoms with Gasteiger partial charge in [0.1, 0.15) is 0 Å². The van der Waals surface area contributed by atoms with Crippen molar-refractivity contribution in [2.24, 2.45) is 0 Å². The molecule has 0 radical (unpaired) electrons. The van der Waals surface area contributed by atoms with Crippen LogP contribution >= 0.6 is 34.5 Å². The minimum atomic E-state index is 0.150. The number of rotatable bonds is 3. The quantitative estimate of drug-likeness (QED) is 0.690. The summed E-state index contributed by atoms with van der Waals surface area (Å²) in [6, 6.07) is 0. The summed E-state index contributed by atoms with van der Waals surface area (Å²) < 4.78 is 0. The maximum absolute atomic E-state index is 6.31. The first-order valence-corrected chi connectivity index (χ1v) is 9.08. The van der Waals surface area contributed by atoms with Gasteiger partial charge >= 0.3 is 0 Å². The van der Waals surface area contributed by atoms with E-state index in [2.05, 4.69) is 35.1 Å². The molecule has 0 aromatic carbocycles. The van der Waals surface area contributed by atoms with Crippen LogP contribution in [0.2, 0.25) is 10.4 Å². The average molecular weight is 382 g/mol. The van der Waals surface area contributed by atoms with E-state index in [0.29, 0.717) is 27.9 Å². The summed E-state index contributed by atoms with van der Waals surface area (Å²) >= 11 is 13.9. The summed E-state index contributed by atoms with van der Waals surface area (Å²) in [5.74, 6) is 1.09. The zero-order chi connectivity index (χ0) is 16.7. The van der Waals surface area contributed by atoms with Crippen molar-refractivity contribution in [2.75, 3.05) is 23.3 Å². The molecule has 4 heterocycles. The Labute approximate surface area is 152 Å². The van der Waals surface area contributed by atoms with E-state index in [0.717, 1.165) is 31.6 Å². The fraction of sp³-hybridized carbons (Fsp3) is 0.357. The zero-order valence-corrected chi connectivity index (χ0v) is 15.1. The predicted molar refractivity (Wildman–Crippen MR) is 96.7 cm³/mol. The molecule has 1 aliphatic rings. The number of halogens is 2. The molecule has 0 saturated carbocycles. The summed E-state index contributed by atoms with van der Waals surface area (Å²) in [5, 5.41) is 6.12. The van der Waals surface area contributed by atoms with Gasteiger partial charge in [-0.2, -0.15) is 9.97 Å². The molecule has 0 atom stereocenters. The lowest BCUT2D eigenvalue weighted by atomic mass is 10.4. The van der Waals surface area contributed by atoms with Crippen LogP contribution in [-0.4, -0.2) is 38.0 Å². The average Bonchev–Trinajstić information content (AvgIpc) is 3.20. The first-order valence-electron chi connectivity index (χ1n) is 7.45. The summed E-state index contributed by atoms with van der Waals surface area (Å²) in [6.07, 6.45) is 2.24. The molecule has 24 heavy (non-hydrogen) atoms. The Balaban J connectivity index is 1.79. The van der Waals surface area contributed by atoms with Crippen LogP contribution in [0.1, 0.15) is 18.5 Å². The Morgan fingerprint density at radius 1 is 1.08 bits per heavy atom. The first-order chi connectivity index (χ1) is 11.6. The smallest absolute Gasteiger partial charge is 0.226 e. The molecule has 0 aliphatic carbocycles. The molecule has 1 N–H and O–H groups in total. The number of thiazole rings is 1. The van der Waals surface area contributed by atoms with Gasteiger partial charge in [-0.15, -0.1) is 11.3 Å². The monoisotopic (exact) mass is 381 g/mol. The first kappa shape index (κ1) is 15.7. The van der Waals surface area contributed by atoms with Crippen LogP contribution in [0.4, 0.5) is 16.8 Å². The molecule has 10 heteroatoms. The normalized spacial score (nSPS) is 14.5. The van der Waals surface area contributed by atoms with Crippen molar-refractivity contribution in [3.63, 3.8) is 0 Å². The second-order valence-corrected chi connectivity index (χ2v) is 7.02. The third-order valence-corrected chi connectivity index (χ3v) is 5.00. The van der Waals surface area contributed by atoms with E-state index >= 15 is 0 Å². The molecule has 1 saturated heterocycles. The number of hydrogen-bond donors (Lipinski definition) is 1. The van der Waals surface area contributed by atoms with Crippen LogP contribution in [0.5, 0.6) is 0 Å². The van der Waals surface area contributed by atoms with E-state index in [-0.39, 0.29) is 10.4 Å². The fourth-order valence-corrected chi connectivity index (χ4v) is 3.65. The number of hydrogen-bond acceptors (Lipinski definition) is 8. The van der Waals surface area contributed by atoms with Crippen LogP contribution in [-0.2, 0) is 0 Å². The van der Waals surface area contributed by atoms with Gasteiger partial charge in [-0.1, -0.05) is 11.6 Å². The molecule has 0 bridgehead atoms. The van der Waals surface area contributed by atoms with E-state index in [1.54, 1.807) is 0 Å². The van der Waals surface area contributed by atoms with Crippen LogP contribution in [0, 0.1) is 6.92 Å². The van der Waals surface area contributed by atoms with E-state index in [9.17, 15) is 0 Å². The standard InChI is InChI=1S/C14H13Cl2N7S/c1-7-6-24-14(17-7)21-11-9(15)18-8-10(19-11)20-13(16)22-12(8)23-4-2-3-5-23/h6H,2-5H2,1H3,(H,17,19,20,21,22). The SMILES string of the molecule is Cc1csc(Nc2nc3nc(Cl)nc(N4CCCC4)c3nc2Cl)n1. The summed E-state index contributed by atoms with van der Waals surface area (Å²) in [6.45, 7) is 3.75. The molecule has 1 fully saturated rings. The van der Waals surface area contributed by atoms with Gasteiger partial charge in [0.05, 0.1) is 5.69 Å². The molecule has 0 amide bonds. The molecule has 124 valence electrons. The van der Waals surface area contributed by atoms with E-state index < -0.39 is 0 Å². The highest BCUT2D eigenvalue weighted by atomic mass is 35.5. The van der Waals surface area contributed by atoms with Crippen molar-refractivity contribution in [3.8, 4) is 0 Å². The highest BCUT2D eigenvalue weighted by molar-refractivity contribution is 7.13. The highest BCUT2D eigenvalue weighted by Crippen LogP contribution is 2.31. The van der Waals surface area contributed by atoms with Crippen LogP contribution in [0.15, 0.2) is 5.38 Å². The van der Waals surface area contributed by atoms with Gasteiger partial charge in [0, 0.05) is 18.5 Å². The molecule has 0 spiro atoms.